The third-order valence-corrected chi connectivity index (χ3v) is 4.73. The van der Waals surface area contributed by atoms with Crippen LogP contribution in [0.15, 0.2) is 78.9 Å². The molecule has 0 saturated heterocycles. The first kappa shape index (κ1) is 15.7. The highest BCUT2D eigenvalue weighted by atomic mass is 14.7. The molecule has 1 nitrogen and oxygen atoms in total. The van der Waals surface area contributed by atoms with E-state index in [2.05, 4.69) is 105 Å². The lowest BCUT2D eigenvalue weighted by Gasteiger charge is -2.20. The molecule has 0 spiro atoms. The van der Waals surface area contributed by atoms with Crippen LogP contribution in [0.2, 0.25) is 0 Å². The molecule has 0 aliphatic carbocycles. The van der Waals surface area contributed by atoms with Crippen molar-refractivity contribution in [2.24, 2.45) is 0 Å². The molecule has 0 unspecified atom stereocenters. The zero-order chi connectivity index (χ0) is 17.4. The van der Waals surface area contributed by atoms with E-state index in [1.807, 2.05) is 0 Å². The maximum Gasteiger partial charge on any atom is 0.0541 e. The Morgan fingerprint density at radius 1 is 0.640 bits per heavy atom. The summed E-state index contributed by atoms with van der Waals surface area (Å²) in [6.45, 7) is 6.87. The first-order valence-electron chi connectivity index (χ1n) is 8.82. The van der Waals surface area contributed by atoms with Crippen LogP contribution in [0.3, 0.4) is 0 Å². The van der Waals surface area contributed by atoms with Crippen molar-refractivity contribution in [1.82, 2.24) is 4.98 Å². The summed E-state index contributed by atoms with van der Waals surface area (Å²) in [7, 11) is 0. The Labute approximate surface area is 149 Å². The van der Waals surface area contributed by atoms with E-state index in [-0.39, 0.29) is 5.41 Å². The van der Waals surface area contributed by atoms with Crippen LogP contribution in [-0.4, -0.2) is 4.98 Å². The lowest BCUT2D eigenvalue weighted by molar-refractivity contribution is 0.597. The van der Waals surface area contributed by atoms with E-state index in [4.69, 9.17) is 0 Å². The number of para-hydroxylation sites is 1. The minimum Gasteiger partial charge on any atom is -0.354 e. The van der Waals surface area contributed by atoms with E-state index in [0.29, 0.717) is 0 Å². The van der Waals surface area contributed by atoms with E-state index < -0.39 is 0 Å². The Morgan fingerprint density at radius 3 is 1.84 bits per heavy atom. The highest BCUT2D eigenvalue weighted by molar-refractivity contribution is 6.00. The SMILES string of the molecule is CC(C)(C)c1c(-c2ccccc2)[nH]c2c(-c3ccccc3)cccc12. The second-order valence-corrected chi connectivity index (χ2v) is 7.59. The standard InChI is InChI=1S/C24H23N/c1-24(2,3)21-20-16-10-15-19(17-11-6-4-7-12-17)23(20)25-22(21)18-13-8-5-9-14-18/h4-16,25H,1-3H3. The van der Waals surface area contributed by atoms with E-state index in [1.54, 1.807) is 0 Å². The van der Waals surface area contributed by atoms with Crippen molar-refractivity contribution in [3.63, 3.8) is 0 Å². The second kappa shape index (κ2) is 5.93. The van der Waals surface area contributed by atoms with Gasteiger partial charge >= 0.3 is 0 Å². The maximum atomic E-state index is 3.75. The molecule has 0 amide bonds. The zero-order valence-corrected chi connectivity index (χ0v) is 15.0. The van der Waals surface area contributed by atoms with Crippen LogP contribution in [0, 0.1) is 0 Å². The first-order valence-corrected chi connectivity index (χ1v) is 8.82. The van der Waals surface area contributed by atoms with Crippen LogP contribution in [0.5, 0.6) is 0 Å². The molecule has 25 heavy (non-hydrogen) atoms. The van der Waals surface area contributed by atoms with E-state index >= 15 is 0 Å². The summed E-state index contributed by atoms with van der Waals surface area (Å²) < 4.78 is 0. The molecule has 4 aromatic rings. The van der Waals surface area contributed by atoms with Crippen molar-refractivity contribution in [3.8, 4) is 22.4 Å². The highest BCUT2D eigenvalue weighted by Crippen LogP contribution is 2.41. The van der Waals surface area contributed by atoms with Gasteiger partial charge in [0.05, 0.1) is 11.2 Å². The van der Waals surface area contributed by atoms with Crippen molar-refractivity contribution < 1.29 is 0 Å². The molecule has 0 aliphatic heterocycles. The fourth-order valence-electron chi connectivity index (χ4n) is 3.68. The molecule has 1 heteroatoms. The quantitative estimate of drug-likeness (QED) is 0.417. The van der Waals surface area contributed by atoms with Gasteiger partial charge in [-0.25, -0.2) is 0 Å². The molecular formula is C24H23N. The van der Waals surface area contributed by atoms with Crippen LogP contribution < -0.4 is 0 Å². The van der Waals surface area contributed by atoms with Crippen molar-refractivity contribution in [3.05, 3.63) is 84.4 Å². The fraction of sp³-hybridized carbons (Fsp3) is 0.167. The lowest BCUT2D eigenvalue weighted by Crippen LogP contribution is -2.11. The van der Waals surface area contributed by atoms with Gasteiger partial charge < -0.3 is 4.98 Å². The normalized spacial score (nSPS) is 11.8. The van der Waals surface area contributed by atoms with Gasteiger partial charge in [-0.1, -0.05) is 99.6 Å². The molecule has 0 aliphatic rings. The third-order valence-electron chi connectivity index (χ3n) is 4.73. The van der Waals surface area contributed by atoms with Gasteiger partial charge in [-0.3, -0.25) is 0 Å². The summed E-state index contributed by atoms with van der Waals surface area (Å²) in [4.78, 5) is 3.75. The van der Waals surface area contributed by atoms with Crippen molar-refractivity contribution in [2.75, 3.05) is 0 Å². The average Bonchev–Trinajstić information content (AvgIpc) is 3.03. The molecular weight excluding hydrogens is 302 g/mol. The number of fused-ring (bicyclic) bond motifs is 1. The number of aromatic nitrogens is 1. The Morgan fingerprint density at radius 2 is 1.24 bits per heavy atom. The number of benzene rings is 3. The van der Waals surface area contributed by atoms with Gasteiger partial charge in [0.15, 0.2) is 0 Å². The van der Waals surface area contributed by atoms with E-state index in [0.717, 1.165) is 0 Å². The monoisotopic (exact) mass is 325 g/mol. The third kappa shape index (κ3) is 2.76. The zero-order valence-electron chi connectivity index (χ0n) is 15.0. The molecule has 0 radical (unpaired) electrons. The number of rotatable bonds is 2. The molecule has 3 aromatic carbocycles. The lowest BCUT2D eigenvalue weighted by atomic mass is 9.83. The minimum atomic E-state index is 0.0543. The summed E-state index contributed by atoms with van der Waals surface area (Å²) in [6, 6.07) is 27.9. The van der Waals surface area contributed by atoms with Gasteiger partial charge in [0.25, 0.3) is 0 Å². The average molecular weight is 325 g/mol. The fourth-order valence-corrected chi connectivity index (χ4v) is 3.68. The summed E-state index contributed by atoms with van der Waals surface area (Å²) in [5.74, 6) is 0. The molecule has 1 N–H and O–H groups in total. The van der Waals surface area contributed by atoms with Gasteiger partial charge in [-0.05, 0) is 22.1 Å². The number of aromatic amines is 1. The Balaban J connectivity index is 2.07. The molecule has 124 valence electrons. The molecule has 1 heterocycles. The molecule has 1 aromatic heterocycles. The second-order valence-electron chi connectivity index (χ2n) is 7.59. The minimum absolute atomic E-state index is 0.0543. The van der Waals surface area contributed by atoms with Crippen molar-refractivity contribution in [2.45, 2.75) is 26.2 Å². The highest BCUT2D eigenvalue weighted by Gasteiger charge is 2.25. The summed E-state index contributed by atoms with van der Waals surface area (Å²) in [5, 5.41) is 1.31. The number of hydrogen-bond donors (Lipinski definition) is 1. The van der Waals surface area contributed by atoms with Crippen LogP contribution in [0.4, 0.5) is 0 Å². The molecule has 4 rings (SSSR count). The summed E-state index contributed by atoms with van der Waals surface area (Å²) in [5.41, 5.74) is 7.62. The topological polar surface area (TPSA) is 15.8 Å². The van der Waals surface area contributed by atoms with Gasteiger partial charge in [0.1, 0.15) is 0 Å². The van der Waals surface area contributed by atoms with Crippen LogP contribution >= 0.6 is 0 Å². The summed E-state index contributed by atoms with van der Waals surface area (Å²) >= 11 is 0. The molecule has 0 fully saturated rings. The van der Waals surface area contributed by atoms with Gasteiger partial charge in [0, 0.05) is 10.9 Å². The first-order chi connectivity index (χ1) is 12.1. The maximum absolute atomic E-state index is 3.75. The molecule has 0 atom stereocenters. The van der Waals surface area contributed by atoms with Gasteiger partial charge in [-0.2, -0.15) is 0 Å². The van der Waals surface area contributed by atoms with Crippen molar-refractivity contribution in [1.29, 1.82) is 0 Å². The smallest absolute Gasteiger partial charge is 0.0541 e. The predicted octanol–water partition coefficient (Wildman–Crippen LogP) is 6.80. The summed E-state index contributed by atoms with van der Waals surface area (Å²) in [6.07, 6.45) is 0. The Kier molecular flexibility index (Phi) is 3.73. The number of hydrogen-bond acceptors (Lipinski definition) is 0. The van der Waals surface area contributed by atoms with Gasteiger partial charge in [-0.15, -0.1) is 0 Å². The van der Waals surface area contributed by atoms with Crippen LogP contribution in [0.1, 0.15) is 26.3 Å². The molecule has 0 bridgehead atoms. The van der Waals surface area contributed by atoms with E-state index in [9.17, 15) is 0 Å². The van der Waals surface area contributed by atoms with Gasteiger partial charge in [0.2, 0.25) is 0 Å². The number of nitrogens with one attached hydrogen (secondary N) is 1. The Bertz CT molecular complexity index is 1000. The largest absolute Gasteiger partial charge is 0.354 e. The predicted molar refractivity (Wildman–Crippen MR) is 108 cm³/mol. The van der Waals surface area contributed by atoms with Crippen LogP contribution in [-0.2, 0) is 5.41 Å². The van der Waals surface area contributed by atoms with Crippen molar-refractivity contribution >= 4 is 10.9 Å². The van der Waals surface area contributed by atoms with Crippen LogP contribution in [0.25, 0.3) is 33.3 Å². The van der Waals surface area contributed by atoms with E-state index in [1.165, 1.54) is 38.9 Å². The Hall–Kier alpha value is -2.80. The molecule has 0 saturated carbocycles. The number of H-pyrrole nitrogens is 1.